The number of hydrogen-bond donors (Lipinski definition) is 1. The van der Waals surface area contributed by atoms with Crippen LogP contribution in [0.15, 0.2) is 30.3 Å². The van der Waals surface area contributed by atoms with Gasteiger partial charge in [0.15, 0.2) is 5.78 Å². The van der Waals surface area contributed by atoms with Gasteiger partial charge in [0, 0.05) is 6.42 Å². The number of hydrogen-bond acceptors (Lipinski definition) is 3. The third kappa shape index (κ3) is 1.69. The second-order valence-corrected chi connectivity index (χ2v) is 3.40. The van der Waals surface area contributed by atoms with E-state index < -0.39 is 6.10 Å². The molecule has 2 unspecified atom stereocenters. The van der Waals surface area contributed by atoms with Gasteiger partial charge in [-0.05, 0) is 5.56 Å². The SMILES string of the molecule is O=C1CC(CO)OC1c1ccccc1. The number of carbonyl (C=O) groups is 1. The van der Waals surface area contributed by atoms with Gasteiger partial charge < -0.3 is 9.84 Å². The molecule has 0 aromatic heterocycles. The fourth-order valence-corrected chi connectivity index (χ4v) is 1.65. The zero-order valence-electron chi connectivity index (χ0n) is 7.72. The highest BCUT2D eigenvalue weighted by Crippen LogP contribution is 2.29. The van der Waals surface area contributed by atoms with Crippen LogP contribution in [0.3, 0.4) is 0 Å². The summed E-state index contributed by atoms with van der Waals surface area (Å²) in [5.74, 6) is 0.0512. The van der Waals surface area contributed by atoms with Crippen molar-refractivity contribution in [2.75, 3.05) is 6.61 Å². The number of aliphatic hydroxyl groups is 1. The molecule has 2 atom stereocenters. The summed E-state index contributed by atoms with van der Waals surface area (Å²) < 4.78 is 5.41. The Hall–Kier alpha value is -1.19. The Kier molecular flexibility index (Phi) is 2.61. The van der Waals surface area contributed by atoms with E-state index in [1.54, 1.807) is 0 Å². The molecule has 1 heterocycles. The molecule has 0 saturated carbocycles. The van der Waals surface area contributed by atoms with Crippen molar-refractivity contribution in [1.82, 2.24) is 0 Å². The fourth-order valence-electron chi connectivity index (χ4n) is 1.65. The normalized spacial score (nSPS) is 26.8. The highest BCUT2D eigenvalue weighted by atomic mass is 16.5. The van der Waals surface area contributed by atoms with Gasteiger partial charge in [0.25, 0.3) is 0 Å². The minimum atomic E-state index is -0.478. The second kappa shape index (κ2) is 3.90. The number of ether oxygens (including phenoxy) is 1. The minimum absolute atomic E-state index is 0.0512. The number of carbonyl (C=O) groups excluding carboxylic acids is 1. The van der Waals surface area contributed by atoms with Crippen LogP contribution >= 0.6 is 0 Å². The lowest BCUT2D eigenvalue weighted by atomic mass is 10.1. The van der Waals surface area contributed by atoms with Crippen molar-refractivity contribution in [3.8, 4) is 0 Å². The molecule has 2 rings (SSSR count). The Morgan fingerprint density at radius 3 is 2.64 bits per heavy atom. The highest BCUT2D eigenvalue weighted by molar-refractivity contribution is 5.86. The van der Waals surface area contributed by atoms with Gasteiger partial charge in [-0.1, -0.05) is 30.3 Å². The largest absolute Gasteiger partial charge is 0.394 e. The summed E-state index contributed by atoms with van der Waals surface area (Å²) in [5, 5.41) is 8.87. The lowest BCUT2D eigenvalue weighted by Crippen LogP contribution is -2.10. The van der Waals surface area contributed by atoms with Gasteiger partial charge >= 0.3 is 0 Å². The number of aliphatic hydroxyl groups excluding tert-OH is 1. The molecule has 1 N–H and O–H groups in total. The van der Waals surface area contributed by atoms with Crippen molar-refractivity contribution in [2.24, 2.45) is 0 Å². The van der Waals surface area contributed by atoms with Crippen molar-refractivity contribution in [3.05, 3.63) is 35.9 Å². The standard InChI is InChI=1S/C11H12O3/c12-7-9-6-10(13)11(14-9)8-4-2-1-3-5-8/h1-5,9,11-12H,6-7H2. The molecule has 0 bridgehead atoms. The van der Waals surface area contributed by atoms with E-state index in [0.717, 1.165) is 5.56 Å². The van der Waals surface area contributed by atoms with Crippen LogP contribution in [-0.2, 0) is 9.53 Å². The molecule has 1 aromatic carbocycles. The second-order valence-electron chi connectivity index (χ2n) is 3.40. The average Bonchev–Trinajstić information content (AvgIpc) is 2.61. The first kappa shape index (κ1) is 9.37. The average molecular weight is 192 g/mol. The van der Waals surface area contributed by atoms with Crippen LogP contribution in [0.5, 0.6) is 0 Å². The summed E-state index contributed by atoms with van der Waals surface area (Å²) >= 11 is 0. The predicted octanol–water partition coefficient (Wildman–Crippen LogP) is 1.08. The van der Waals surface area contributed by atoms with E-state index in [1.807, 2.05) is 30.3 Å². The molecule has 1 fully saturated rings. The molecule has 0 radical (unpaired) electrons. The molecule has 1 aliphatic rings. The highest BCUT2D eigenvalue weighted by Gasteiger charge is 2.33. The summed E-state index contributed by atoms with van der Waals surface area (Å²) in [4.78, 5) is 11.5. The predicted molar refractivity (Wildman–Crippen MR) is 50.8 cm³/mol. The summed E-state index contributed by atoms with van der Waals surface area (Å²) in [5.41, 5.74) is 0.869. The number of benzene rings is 1. The Morgan fingerprint density at radius 2 is 2.07 bits per heavy atom. The van der Waals surface area contributed by atoms with Crippen molar-refractivity contribution in [3.63, 3.8) is 0 Å². The van der Waals surface area contributed by atoms with Crippen LogP contribution in [0.25, 0.3) is 0 Å². The van der Waals surface area contributed by atoms with Crippen LogP contribution < -0.4 is 0 Å². The smallest absolute Gasteiger partial charge is 0.168 e. The summed E-state index contributed by atoms with van der Waals surface area (Å²) in [6, 6.07) is 9.37. The molecule has 3 heteroatoms. The topological polar surface area (TPSA) is 46.5 Å². The molecule has 14 heavy (non-hydrogen) atoms. The maximum absolute atomic E-state index is 11.5. The Labute approximate surface area is 82.3 Å². The van der Waals surface area contributed by atoms with E-state index in [1.165, 1.54) is 0 Å². The third-order valence-electron chi connectivity index (χ3n) is 2.36. The third-order valence-corrected chi connectivity index (χ3v) is 2.36. The molecule has 3 nitrogen and oxygen atoms in total. The van der Waals surface area contributed by atoms with Crippen molar-refractivity contribution in [1.29, 1.82) is 0 Å². The lowest BCUT2D eigenvalue weighted by Gasteiger charge is -2.10. The molecule has 0 spiro atoms. The number of rotatable bonds is 2. The lowest BCUT2D eigenvalue weighted by molar-refractivity contribution is -0.122. The van der Waals surface area contributed by atoms with Crippen LogP contribution in [0.2, 0.25) is 0 Å². The van der Waals surface area contributed by atoms with Gasteiger partial charge in [0.2, 0.25) is 0 Å². The van der Waals surface area contributed by atoms with E-state index in [4.69, 9.17) is 9.84 Å². The summed E-state index contributed by atoms with van der Waals surface area (Å²) in [6.45, 7) is -0.0882. The molecule has 1 aliphatic heterocycles. The van der Waals surface area contributed by atoms with E-state index >= 15 is 0 Å². The maximum Gasteiger partial charge on any atom is 0.168 e. The Balaban J connectivity index is 2.17. The molecular formula is C11H12O3. The van der Waals surface area contributed by atoms with Gasteiger partial charge in [-0.25, -0.2) is 0 Å². The van der Waals surface area contributed by atoms with Gasteiger partial charge in [0.05, 0.1) is 12.7 Å². The molecule has 0 aliphatic carbocycles. The number of Topliss-reactive ketones (excluding diaryl/α,β-unsaturated/α-hetero) is 1. The van der Waals surface area contributed by atoms with E-state index in [0.29, 0.717) is 6.42 Å². The summed E-state index contributed by atoms with van der Waals surface area (Å²) in [7, 11) is 0. The zero-order valence-corrected chi connectivity index (χ0v) is 7.72. The van der Waals surface area contributed by atoms with Crippen LogP contribution in [0.1, 0.15) is 18.1 Å². The molecular weight excluding hydrogens is 180 g/mol. The van der Waals surface area contributed by atoms with Gasteiger partial charge in [0.1, 0.15) is 6.10 Å². The van der Waals surface area contributed by atoms with E-state index in [2.05, 4.69) is 0 Å². The van der Waals surface area contributed by atoms with Crippen molar-refractivity contribution >= 4 is 5.78 Å². The molecule has 0 amide bonds. The van der Waals surface area contributed by atoms with Crippen LogP contribution in [-0.4, -0.2) is 23.6 Å². The first-order chi connectivity index (χ1) is 6.81. The van der Waals surface area contributed by atoms with E-state index in [-0.39, 0.29) is 18.5 Å². The monoisotopic (exact) mass is 192 g/mol. The Bertz CT molecular complexity index is 321. The van der Waals surface area contributed by atoms with Crippen LogP contribution in [0, 0.1) is 0 Å². The van der Waals surface area contributed by atoms with Gasteiger partial charge in [-0.15, -0.1) is 0 Å². The van der Waals surface area contributed by atoms with E-state index in [9.17, 15) is 4.79 Å². The van der Waals surface area contributed by atoms with Crippen molar-refractivity contribution in [2.45, 2.75) is 18.6 Å². The Morgan fingerprint density at radius 1 is 1.36 bits per heavy atom. The molecule has 1 saturated heterocycles. The van der Waals surface area contributed by atoms with Crippen LogP contribution in [0.4, 0.5) is 0 Å². The molecule has 74 valence electrons. The van der Waals surface area contributed by atoms with Gasteiger partial charge in [-0.2, -0.15) is 0 Å². The first-order valence-corrected chi connectivity index (χ1v) is 4.65. The summed E-state index contributed by atoms with van der Waals surface area (Å²) in [6.07, 6.45) is -0.489. The fraction of sp³-hybridized carbons (Fsp3) is 0.364. The quantitative estimate of drug-likeness (QED) is 0.762. The minimum Gasteiger partial charge on any atom is -0.394 e. The van der Waals surface area contributed by atoms with Gasteiger partial charge in [-0.3, -0.25) is 4.79 Å². The zero-order chi connectivity index (χ0) is 9.97. The first-order valence-electron chi connectivity index (χ1n) is 4.65. The maximum atomic E-state index is 11.5. The van der Waals surface area contributed by atoms with Crippen molar-refractivity contribution < 1.29 is 14.6 Å². The molecule has 1 aromatic rings. The number of ketones is 1.